The second-order valence-corrected chi connectivity index (χ2v) is 8.77. The number of methoxy groups -OCH3 is 1. The Hall–Kier alpha value is -4.26. The van der Waals surface area contributed by atoms with Gasteiger partial charge in [-0.3, -0.25) is 9.71 Å². The van der Waals surface area contributed by atoms with E-state index >= 15 is 0 Å². The van der Waals surface area contributed by atoms with Gasteiger partial charge in [-0.05, 0) is 31.2 Å². The van der Waals surface area contributed by atoms with Gasteiger partial charge in [-0.15, -0.1) is 0 Å². The molecule has 1 aliphatic rings. The van der Waals surface area contributed by atoms with Crippen LogP contribution < -0.4 is 20.5 Å². The Morgan fingerprint density at radius 2 is 1.88 bits per heavy atom. The van der Waals surface area contributed by atoms with Gasteiger partial charge in [-0.1, -0.05) is 24.3 Å². The average molecular weight is 484 g/mol. The fourth-order valence-electron chi connectivity index (χ4n) is 3.16. The van der Waals surface area contributed by atoms with Crippen LogP contribution in [0.4, 0.5) is 17.6 Å². The van der Waals surface area contributed by atoms with Crippen LogP contribution in [0.1, 0.15) is 18.3 Å². The molecule has 0 bridgehead atoms. The van der Waals surface area contributed by atoms with Crippen LogP contribution in [0.3, 0.4) is 0 Å². The van der Waals surface area contributed by atoms with Crippen molar-refractivity contribution in [1.29, 1.82) is 0 Å². The molecular formula is C21H21N7O5S. The molecule has 0 saturated carbocycles. The minimum Gasteiger partial charge on any atom is -0.495 e. The van der Waals surface area contributed by atoms with Crippen LogP contribution >= 0.6 is 0 Å². The Morgan fingerprint density at radius 3 is 2.68 bits per heavy atom. The van der Waals surface area contributed by atoms with Gasteiger partial charge in [-0.25, -0.2) is 13.2 Å². The number of nitrogens with zero attached hydrogens (tertiary/aromatic N) is 4. The number of aromatic nitrogens is 3. The minimum absolute atomic E-state index is 0.0660. The standard InChI is InChI=1S/C21H21N7O5S/c1-12(23-18-13-7-3-6-10-16(13)34(30,31)28-18)19(29)33-11-17-25-20(22)27-21(26-17)24-14-8-4-5-9-15(14)32-2/h3-10,12H,11H2,1-2H3,(H,23,28)(H3,22,24,25,26,27)/t12-/m0/s1. The highest BCUT2D eigenvalue weighted by molar-refractivity contribution is 7.90. The number of ether oxygens (including phenoxy) is 2. The van der Waals surface area contributed by atoms with Gasteiger partial charge in [0.15, 0.2) is 12.4 Å². The Bertz CT molecular complexity index is 1380. The van der Waals surface area contributed by atoms with Gasteiger partial charge in [-0.2, -0.15) is 15.0 Å². The molecule has 34 heavy (non-hydrogen) atoms. The van der Waals surface area contributed by atoms with Crippen LogP contribution in [0.5, 0.6) is 5.75 Å². The third-order valence-corrected chi connectivity index (χ3v) is 6.12. The first-order chi connectivity index (χ1) is 16.3. The van der Waals surface area contributed by atoms with E-state index in [1.807, 2.05) is 12.1 Å². The molecule has 3 aromatic rings. The fraction of sp³-hybridized carbons (Fsp3) is 0.190. The second kappa shape index (κ2) is 9.31. The number of fused-ring (bicyclic) bond motifs is 1. The zero-order valence-corrected chi connectivity index (χ0v) is 19.0. The number of amidine groups is 1. The van der Waals surface area contributed by atoms with E-state index in [9.17, 15) is 13.2 Å². The summed E-state index contributed by atoms with van der Waals surface area (Å²) < 4.78 is 37.3. The molecule has 0 spiro atoms. The summed E-state index contributed by atoms with van der Waals surface area (Å²) in [5.74, 6) is 0.149. The normalized spacial score (nSPS) is 15.8. The number of rotatable bonds is 7. The first-order valence-electron chi connectivity index (χ1n) is 10.0. The summed E-state index contributed by atoms with van der Waals surface area (Å²) in [5.41, 5.74) is 6.77. The Balaban J connectivity index is 1.45. The highest BCUT2D eigenvalue weighted by Crippen LogP contribution is 2.26. The largest absolute Gasteiger partial charge is 0.495 e. The second-order valence-electron chi connectivity index (χ2n) is 7.12. The number of nitrogen functional groups attached to an aromatic ring is 1. The van der Waals surface area contributed by atoms with Crippen molar-refractivity contribution in [2.75, 3.05) is 18.2 Å². The molecule has 4 rings (SSSR count). The van der Waals surface area contributed by atoms with Crippen LogP contribution in [-0.2, 0) is 26.2 Å². The van der Waals surface area contributed by atoms with E-state index in [2.05, 4.69) is 30.0 Å². The van der Waals surface area contributed by atoms with Crippen molar-refractivity contribution in [1.82, 2.24) is 19.7 Å². The van der Waals surface area contributed by atoms with E-state index in [1.165, 1.54) is 20.1 Å². The van der Waals surface area contributed by atoms with Gasteiger partial charge < -0.3 is 20.5 Å². The number of nitrogens with one attached hydrogen (secondary N) is 2. The van der Waals surface area contributed by atoms with E-state index in [1.54, 1.807) is 30.3 Å². The lowest BCUT2D eigenvalue weighted by Crippen LogP contribution is -2.26. The molecule has 1 atom stereocenters. The summed E-state index contributed by atoms with van der Waals surface area (Å²) >= 11 is 0. The van der Waals surface area contributed by atoms with Crippen molar-refractivity contribution < 1.29 is 22.7 Å². The van der Waals surface area contributed by atoms with Crippen molar-refractivity contribution in [2.45, 2.75) is 24.5 Å². The molecule has 1 aliphatic heterocycles. The van der Waals surface area contributed by atoms with E-state index in [0.717, 1.165) is 0 Å². The highest BCUT2D eigenvalue weighted by Gasteiger charge is 2.31. The fourth-order valence-corrected chi connectivity index (χ4v) is 4.40. The molecule has 0 aliphatic carbocycles. The lowest BCUT2D eigenvalue weighted by Gasteiger charge is -2.11. The summed E-state index contributed by atoms with van der Waals surface area (Å²) in [5, 5.41) is 2.99. The summed E-state index contributed by atoms with van der Waals surface area (Å²) in [6.45, 7) is 1.20. The number of nitrogens with two attached hydrogens (primary N) is 1. The van der Waals surface area contributed by atoms with Crippen LogP contribution in [-0.4, -0.2) is 48.3 Å². The van der Waals surface area contributed by atoms with Gasteiger partial charge in [0, 0.05) is 5.56 Å². The van der Waals surface area contributed by atoms with Gasteiger partial charge in [0.2, 0.25) is 11.9 Å². The van der Waals surface area contributed by atoms with Crippen LogP contribution in [0.2, 0.25) is 0 Å². The third kappa shape index (κ3) is 4.88. The molecule has 0 unspecified atom stereocenters. The molecule has 2 aromatic carbocycles. The summed E-state index contributed by atoms with van der Waals surface area (Å²) in [6.07, 6.45) is 0. The molecule has 0 amide bonds. The lowest BCUT2D eigenvalue weighted by atomic mass is 10.2. The summed E-state index contributed by atoms with van der Waals surface area (Å²) in [4.78, 5) is 29.0. The Morgan fingerprint density at radius 1 is 1.15 bits per heavy atom. The monoisotopic (exact) mass is 483 g/mol. The average Bonchev–Trinajstić information content (AvgIpc) is 3.07. The van der Waals surface area contributed by atoms with Gasteiger partial charge in [0.05, 0.1) is 17.7 Å². The number of sulfonamides is 1. The highest BCUT2D eigenvalue weighted by atomic mass is 32.2. The van der Waals surface area contributed by atoms with Crippen molar-refractivity contribution in [3.8, 4) is 5.75 Å². The zero-order chi connectivity index (χ0) is 24.3. The van der Waals surface area contributed by atoms with Gasteiger partial charge in [0.25, 0.3) is 10.0 Å². The number of benzene rings is 2. The Kier molecular flexibility index (Phi) is 6.27. The number of aliphatic imine (C=N–C) groups is 1. The van der Waals surface area contributed by atoms with E-state index in [-0.39, 0.29) is 35.1 Å². The molecule has 1 aromatic heterocycles. The molecular weight excluding hydrogens is 462 g/mol. The summed E-state index contributed by atoms with van der Waals surface area (Å²) in [6, 6.07) is 12.5. The number of hydrogen-bond acceptors (Lipinski definition) is 11. The molecule has 0 fully saturated rings. The van der Waals surface area contributed by atoms with Gasteiger partial charge in [0.1, 0.15) is 17.6 Å². The predicted octanol–water partition coefficient (Wildman–Crippen LogP) is 1.38. The van der Waals surface area contributed by atoms with Crippen molar-refractivity contribution >= 4 is 39.4 Å². The smallest absolute Gasteiger partial charge is 0.331 e. The first-order valence-corrected chi connectivity index (χ1v) is 11.5. The van der Waals surface area contributed by atoms with E-state index < -0.39 is 22.0 Å². The number of para-hydroxylation sites is 2. The number of esters is 1. The minimum atomic E-state index is -3.71. The van der Waals surface area contributed by atoms with Crippen molar-refractivity contribution in [3.05, 3.63) is 59.9 Å². The van der Waals surface area contributed by atoms with E-state index in [0.29, 0.717) is 17.0 Å². The molecule has 176 valence electrons. The van der Waals surface area contributed by atoms with Gasteiger partial charge >= 0.3 is 5.97 Å². The number of carbonyl (C=O) groups is 1. The first kappa shape index (κ1) is 22.9. The SMILES string of the molecule is COc1ccccc1Nc1nc(N)nc(COC(=O)[C@H](C)N=C2NS(=O)(=O)c3ccccc32)n1. The molecule has 2 heterocycles. The van der Waals surface area contributed by atoms with Crippen molar-refractivity contribution in [3.63, 3.8) is 0 Å². The Labute approximate surface area is 195 Å². The maximum Gasteiger partial charge on any atom is 0.331 e. The van der Waals surface area contributed by atoms with Crippen LogP contribution in [0, 0.1) is 0 Å². The topological polar surface area (TPSA) is 171 Å². The maximum atomic E-state index is 12.5. The summed E-state index contributed by atoms with van der Waals surface area (Å²) in [7, 11) is -2.18. The molecule has 4 N–H and O–H groups in total. The maximum absolute atomic E-state index is 12.5. The third-order valence-electron chi connectivity index (χ3n) is 4.72. The lowest BCUT2D eigenvalue weighted by molar-refractivity contribution is -0.146. The predicted molar refractivity (Wildman–Crippen MR) is 123 cm³/mol. The zero-order valence-electron chi connectivity index (χ0n) is 18.2. The van der Waals surface area contributed by atoms with Crippen molar-refractivity contribution in [2.24, 2.45) is 4.99 Å². The molecule has 13 heteroatoms. The molecule has 0 saturated heterocycles. The number of carbonyl (C=O) groups excluding carboxylic acids is 1. The molecule has 0 radical (unpaired) electrons. The van der Waals surface area contributed by atoms with Crippen LogP contribution in [0.25, 0.3) is 0 Å². The van der Waals surface area contributed by atoms with Crippen LogP contribution in [0.15, 0.2) is 58.4 Å². The number of anilines is 3. The molecule has 12 nitrogen and oxygen atoms in total. The number of hydrogen-bond donors (Lipinski definition) is 3. The quantitative estimate of drug-likeness (QED) is 0.417. The van der Waals surface area contributed by atoms with E-state index in [4.69, 9.17) is 15.2 Å².